The first-order valence-electron chi connectivity index (χ1n) is 6.64. The molecule has 1 aliphatic rings. The van der Waals surface area contributed by atoms with Crippen molar-refractivity contribution in [2.75, 3.05) is 0 Å². The summed E-state index contributed by atoms with van der Waals surface area (Å²) in [5.74, 6) is 1.16. The number of hydrogen-bond acceptors (Lipinski definition) is 1. The maximum Gasteiger partial charge on any atom is 0.118 e. The molecule has 1 heteroatoms. The monoisotopic (exact) mass is 238 g/mol. The molecule has 1 aliphatic carbocycles. The molecule has 0 amide bonds. The molecule has 3 rings (SSSR count). The van der Waals surface area contributed by atoms with Crippen molar-refractivity contribution < 1.29 is 5.11 Å². The number of phenolic OH excluding ortho intramolecular Hbond substituents is 1. The lowest BCUT2D eigenvalue weighted by atomic mass is 9.80. The van der Waals surface area contributed by atoms with E-state index in [4.69, 9.17) is 0 Å². The van der Waals surface area contributed by atoms with Crippen LogP contribution in [-0.2, 0) is 0 Å². The van der Waals surface area contributed by atoms with Gasteiger partial charge in [0.2, 0.25) is 0 Å². The number of phenols is 1. The van der Waals surface area contributed by atoms with Crippen LogP contribution >= 0.6 is 0 Å². The van der Waals surface area contributed by atoms with Gasteiger partial charge in [-0.1, -0.05) is 36.8 Å². The highest BCUT2D eigenvalue weighted by molar-refractivity contribution is 5.65. The van der Waals surface area contributed by atoms with Crippen LogP contribution in [0.3, 0.4) is 0 Å². The van der Waals surface area contributed by atoms with E-state index >= 15 is 0 Å². The van der Waals surface area contributed by atoms with E-state index in [0.717, 1.165) is 11.5 Å². The molecule has 18 heavy (non-hydrogen) atoms. The Balaban J connectivity index is 1.89. The molecule has 0 radical (unpaired) electrons. The third-order valence-electron chi connectivity index (χ3n) is 4.02. The first-order valence-corrected chi connectivity index (χ1v) is 6.64. The maximum atomic E-state index is 9.55. The standard InChI is InChI=1S/C17H18O/c1-12-11-16(9-10-17(12)18)15-7-5-14(6-8-15)13-3-2-4-13/h5-11,13,18H,2-4H2,1H3. The summed E-state index contributed by atoms with van der Waals surface area (Å²) < 4.78 is 0. The third kappa shape index (κ3) is 2.01. The summed E-state index contributed by atoms with van der Waals surface area (Å²) in [5.41, 5.74) is 4.79. The van der Waals surface area contributed by atoms with Crippen LogP contribution in [0.15, 0.2) is 42.5 Å². The smallest absolute Gasteiger partial charge is 0.118 e. The second-order valence-electron chi connectivity index (χ2n) is 5.25. The molecule has 1 fully saturated rings. The van der Waals surface area contributed by atoms with Gasteiger partial charge in [0.15, 0.2) is 0 Å². The van der Waals surface area contributed by atoms with Crippen molar-refractivity contribution in [2.24, 2.45) is 0 Å². The van der Waals surface area contributed by atoms with Crippen LogP contribution in [0.1, 0.15) is 36.3 Å². The van der Waals surface area contributed by atoms with Crippen LogP contribution in [0.25, 0.3) is 11.1 Å². The van der Waals surface area contributed by atoms with Crippen molar-refractivity contribution in [3.8, 4) is 16.9 Å². The van der Waals surface area contributed by atoms with Crippen LogP contribution < -0.4 is 0 Å². The van der Waals surface area contributed by atoms with Gasteiger partial charge in [-0.15, -0.1) is 0 Å². The molecule has 0 aliphatic heterocycles. The van der Waals surface area contributed by atoms with Gasteiger partial charge in [-0.05, 0) is 60.1 Å². The summed E-state index contributed by atoms with van der Waals surface area (Å²) in [6.45, 7) is 1.93. The van der Waals surface area contributed by atoms with Crippen LogP contribution in [0, 0.1) is 6.92 Å². The second kappa shape index (κ2) is 4.49. The van der Waals surface area contributed by atoms with Crippen molar-refractivity contribution in [2.45, 2.75) is 32.1 Å². The van der Waals surface area contributed by atoms with Crippen molar-refractivity contribution in [1.82, 2.24) is 0 Å². The van der Waals surface area contributed by atoms with E-state index in [-0.39, 0.29) is 0 Å². The molecular weight excluding hydrogens is 220 g/mol. The van der Waals surface area contributed by atoms with Crippen molar-refractivity contribution in [3.63, 3.8) is 0 Å². The van der Waals surface area contributed by atoms with Gasteiger partial charge in [0.05, 0.1) is 0 Å². The zero-order valence-corrected chi connectivity index (χ0v) is 10.7. The first-order chi connectivity index (χ1) is 8.74. The largest absolute Gasteiger partial charge is 0.508 e. The summed E-state index contributed by atoms with van der Waals surface area (Å²) in [4.78, 5) is 0. The van der Waals surface area contributed by atoms with Gasteiger partial charge < -0.3 is 5.11 Å². The van der Waals surface area contributed by atoms with E-state index in [9.17, 15) is 5.11 Å². The molecule has 1 saturated carbocycles. The first kappa shape index (κ1) is 11.3. The SMILES string of the molecule is Cc1cc(-c2ccc(C3CCC3)cc2)ccc1O. The molecule has 1 nitrogen and oxygen atoms in total. The van der Waals surface area contributed by atoms with Crippen LogP contribution in [-0.4, -0.2) is 5.11 Å². The highest BCUT2D eigenvalue weighted by Gasteiger charge is 2.18. The topological polar surface area (TPSA) is 20.2 Å². The molecule has 0 unspecified atom stereocenters. The van der Waals surface area contributed by atoms with Crippen molar-refractivity contribution in [1.29, 1.82) is 0 Å². The molecule has 1 N–H and O–H groups in total. The molecule has 92 valence electrons. The van der Waals surface area contributed by atoms with E-state index in [1.807, 2.05) is 19.1 Å². The van der Waals surface area contributed by atoms with E-state index < -0.39 is 0 Å². The molecule has 0 atom stereocenters. The lowest BCUT2D eigenvalue weighted by Gasteiger charge is -2.25. The lowest BCUT2D eigenvalue weighted by Crippen LogP contribution is -2.08. The molecule has 0 bridgehead atoms. The number of benzene rings is 2. The van der Waals surface area contributed by atoms with Crippen LogP contribution in [0.2, 0.25) is 0 Å². The number of aryl methyl sites for hydroxylation is 1. The highest BCUT2D eigenvalue weighted by Crippen LogP contribution is 2.37. The average Bonchev–Trinajstić information content (AvgIpc) is 2.32. The molecule has 2 aromatic carbocycles. The molecule has 0 spiro atoms. The van der Waals surface area contributed by atoms with E-state index in [1.165, 1.54) is 36.0 Å². The number of aromatic hydroxyl groups is 1. The fourth-order valence-electron chi connectivity index (χ4n) is 2.52. The molecule has 0 saturated heterocycles. The molecule has 0 heterocycles. The summed E-state index contributed by atoms with van der Waals surface area (Å²) in [5, 5.41) is 9.55. The molecule has 2 aromatic rings. The normalized spacial score (nSPS) is 15.4. The quantitative estimate of drug-likeness (QED) is 0.808. The van der Waals surface area contributed by atoms with E-state index in [0.29, 0.717) is 5.75 Å². The fourth-order valence-corrected chi connectivity index (χ4v) is 2.52. The van der Waals surface area contributed by atoms with Gasteiger partial charge in [-0.3, -0.25) is 0 Å². The Hall–Kier alpha value is -1.76. The Bertz CT molecular complexity index is 550. The van der Waals surface area contributed by atoms with Gasteiger partial charge in [0.1, 0.15) is 5.75 Å². The highest BCUT2D eigenvalue weighted by atomic mass is 16.3. The van der Waals surface area contributed by atoms with Crippen molar-refractivity contribution >= 4 is 0 Å². The number of hydrogen-bond donors (Lipinski definition) is 1. The molecule has 0 aromatic heterocycles. The van der Waals surface area contributed by atoms with Gasteiger partial charge in [-0.2, -0.15) is 0 Å². The van der Waals surface area contributed by atoms with Crippen molar-refractivity contribution in [3.05, 3.63) is 53.6 Å². The summed E-state index contributed by atoms with van der Waals surface area (Å²) >= 11 is 0. The third-order valence-corrected chi connectivity index (χ3v) is 4.02. The second-order valence-corrected chi connectivity index (χ2v) is 5.25. The summed E-state index contributed by atoms with van der Waals surface area (Å²) in [6.07, 6.45) is 4.07. The Morgan fingerprint density at radius 1 is 0.944 bits per heavy atom. The van der Waals surface area contributed by atoms with Gasteiger partial charge in [0, 0.05) is 0 Å². The Morgan fingerprint density at radius 2 is 1.61 bits per heavy atom. The van der Waals surface area contributed by atoms with Gasteiger partial charge >= 0.3 is 0 Å². The Labute approximate surface area is 108 Å². The van der Waals surface area contributed by atoms with E-state index in [2.05, 4.69) is 24.3 Å². The minimum atomic E-state index is 0.366. The number of rotatable bonds is 2. The van der Waals surface area contributed by atoms with E-state index in [1.54, 1.807) is 6.07 Å². The zero-order valence-electron chi connectivity index (χ0n) is 10.7. The summed E-state index contributed by atoms with van der Waals surface area (Å²) in [6, 6.07) is 14.7. The predicted octanol–water partition coefficient (Wildman–Crippen LogP) is 4.64. The predicted molar refractivity (Wildman–Crippen MR) is 74.9 cm³/mol. The van der Waals surface area contributed by atoms with Crippen LogP contribution in [0.5, 0.6) is 5.75 Å². The minimum absolute atomic E-state index is 0.366. The van der Waals surface area contributed by atoms with Gasteiger partial charge in [-0.25, -0.2) is 0 Å². The Kier molecular flexibility index (Phi) is 2.83. The van der Waals surface area contributed by atoms with Crippen LogP contribution in [0.4, 0.5) is 0 Å². The van der Waals surface area contributed by atoms with Gasteiger partial charge in [0.25, 0.3) is 0 Å². The summed E-state index contributed by atoms with van der Waals surface area (Å²) in [7, 11) is 0. The zero-order chi connectivity index (χ0) is 12.5. The molecular formula is C17H18O. The maximum absolute atomic E-state index is 9.55. The minimum Gasteiger partial charge on any atom is -0.508 e. The average molecular weight is 238 g/mol. The Morgan fingerprint density at radius 3 is 2.17 bits per heavy atom. The lowest BCUT2D eigenvalue weighted by molar-refractivity contribution is 0.420. The fraction of sp³-hybridized carbons (Fsp3) is 0.294.